The van der Waals surface area contributed by atoms with Gasteiger partial charge in [-0.3, -0.25) is 4.79 Å². The molecule has 0 saturated carbocycles. The predicted octanol–water partition coefficient (Wildman–Crippen LogP) is 3.19. The Balaban J connectivity index is 1.43. The third kappa shape index (κ3) is 2.93. The van der Waals surface area contributed by atoms with Gasteiger partial charge in [0, 0.05) is 30.3 Å². The van der Waals surface area contributed by atoms with Crippen LogP contribution in [0.15, 0.2) is 36.4 Å². The molecule has 1 amide bonds. The third-order valence-electron chi connectivity index (χ3n) is 6.02. The quantitative estimate of drug-likeness (QED) is 0.758. The van der Waals surface area contributed by atoms with E-state index in [4.69, 9.17) is 9.47 Å². The molecule has 1 spiro atoms. The lowest BCUT2D eigenvalue weighted by Crippen LogP contribution is -2.43. The minimum absolute atomic E-state index is 0.0860. The second-order valence-corrected chi connectivity index (χ2v) is 7.87. The average molecular weight is 418 g/mol. The summed E-state index contributed by atoms with van der Waals surface area (Å²) in [4.78, 5) is 15.4. The van der Waals surface area contributed by atoms with Gasteiger partial charge >= 0.3 is 6.18 Å². The van der Waals surface area contributed by atoms with Crippen molar-refractivity contribution in [1.82, 2.24) is 5.32 Å². The number of alkyl halides is 3. The summed E-state index contributed by atoms with van der Waals surface area (Å²) in [7, 11) is 0. The van der Waals surface area contributed by atoms with Gasteiger partial charge in [0.1, 0.15) is 23.5 Å². The summed E-state index contributed by atoms with van der Waals surface area (Å²) < 4.78 is 48.6. The lowest BCUT2D eigenvalue weighted by Gasteiger charge is -2.23. The van der Waals surface area contributed by atoms with E-state index in [0.29, 0.717) is 25.3 Å². The Hall–Kier alpha value is -2.74. The molecule has 1 atom stereocenters. The molecular formula is C22H21F3N2O3. The van der Waals surface area contributed by atoms with Crippen molar-refractivity contribution < 1.29 is 27.4 Å². The number of carbonyl (C=O) groups is 1. The number of benzene rings is 2. The van der Waals surface area contributed by atoms with Crippen molar-refractivity contribution in [1.29, 1.82) is 0 Å². The molecule has 2 aromatic carbocycles. The maximum absolute atomic E-state index is 13.7. The summed E-state index contributed by atoms with van der Waals surface area (Å²) in [6, 6.07) is 11.5. The maximum atomic E-state index is 13.7. The SMILES string of the molecule is O=C1N(CCCNCC(F)(F)F)c2ccccc2C12COc1cc3c(cc12)CCO3. The zero-order valence-electron chi connectivity index (χ0n) is 16.2. The third-order valence-corrected chi connectivity index (χ3v) is 6.02. The smallest absolute Gasteiger partial charge is 0.401 e. The highest BCUT2D eigenvalue weighted by Crippen LogP contribution is 2.53. The molecule has 0 aromatic heterocycles. The molecule has 1 unspecified atom stereocenters. The molecule has 0 saturated heterocycles. The number of fused-ring (bicyclic) bond motifs is 5. The molecule has 0 bridgehead atoms. The number of ether oxygens (including phenoxy) is 2. The Kier molecular flexibility index (Phi) is 4.43. The van der Waals surface area contributed by atoms with Crippen LogP contribution in [-0.2, 0) is 16.6 Å². The molecule has 0 fully saturated rings. The van der Waals surface area contributed by atoms with Crippen LogP contribution in [0.3, 0.4) is 0 Å². The van der Waals surface area contributed by atoms with Crippen LogP contribution in [0.2, 0.25) is 0 Å². The summed E-state index contributed by atoms with van der Waals surface area (Å²) in [5.74, 6) is 1.38. The van der Waals surface area contributed by atoms with Crippen molar-refractivity contribution in [2.45, 2.75) is 24.4 Å². The molecule has 5 rings (SSSR count). The Morgan fingerprint density at radius 1 is 1.10 bits per heavy atom. The van der Waals surface area contributed by atoms with E-state index in [9.17, 15) is 18.0 Å². The fourth-order valence-electron chi connectivity index (χ4n) is 4.66. The molecule has 3 aliphatic rings. The Labute approximate surface area is 171 Å². The molecule has 8 heteroatoms. The van der Waals surface area contributed by atoms with Gasteiger partial charge in [-0.1, -0.05) is 18.2 Å². The van der Waals surface area contributed by atoms with Gasteiger partial charge in [-0.05, 0) is 36.2 Å². The van der Waals surface area contributed by atoms with Crippen molar-refractivity contribution in [2.24, 2.45) is 0 Å². The minimum Gasteiger partial charge on any atom is -0.493 e. The summed E-state index contributed by atoms with van der Waals surface area (Å²) in [6.07, 6.45) is -3.03. The van der Waals surface area contributed by atoms with Crippen LogP contribution >= 0.6 is 0 Å². The number of anilines is 1. The van der Waals surface area contributed by atoms with E-state index in [0.717, 1.165) is 34.5 Å². The highest BCUT2D eigenvalue weighted by atomic mass is 19.4. The Morgan fingerprint density at radius 2 is 1.93 bits per heavy atom. The fourth-order valence-corrected chi connectivity index (χ4v) is 4.66. The summed E-state index contributed by atoms with van der Waals surface area (Å²) in [6.45, 7) is 0.314. The van der Waals surface area contributed by atoms with Gasteiger partial charge in [0.2, 0.25) is 5.91 Å². The van der Waals surface area contributed by atoms with Gasteiger partial charge in [-0.2, -0.15) is 13.2 Å². The van der Waals surface area contributed by atoms with Gasteiger partial charge in [0.05, 0.1) is 13.2 Å². The molecule has 5 nitrogen and oxygen atoms in total. The summed E-state index contributed by atoms with van der Waals surface area (Å²) >= 11 is 0. The molecule has 3 aliphatic heterocycles. The number of nitrogens with zero attached hydrogens (tertiary/aromatic N) is 1. The maximum Gasteiger partial charge on any atom is 0.401 e. The number of hydrogen-bond acceptors (Lipinski definition) is 4. The first-order valence-corrected chi connectivity index (χ1v) is 10.0. The topological polar surface area (TPSA) is 50.8 Å². The van der Waals surface area contributed by atoms with Gasteiger partial charge in [0.25, 0.3) is 0 Å². The number of carbonyl (C=O) groups excluding carboxylic acids is 1. The van der Waals surface area contributed by atoms with Crippen molar-refractivity contribution in [2.75, 3.05) is 37.7 Å². The van der Waals surface area contributed by atoms with E-state index in [2.05, 4.69) is 5.32 Å². The normalized spacial score (nSPS) is 21.4. The van der Waals surface area contributed by atoms with Crippen LogP contribution in [-0.4, -0.2) is 44.9 Å². The van der Waals surface area contributed by atoms with Crippen molar-refractivity contribution in [3.05, 3.63) is 53.1 Å². The minimum atomic E-state index is -4.24. The molecule has 1 N–H and O–H groups in total. The van der Waals surface area contributed by atoms with Crippen molar-refractivity contribution in [3.63, 3.8) is 0 Å². The van der Waals surface area contributed by atoms with Crippen LogP contribution in [0, 0.1) is 0 Å². The van der Waals surface area contributed by atoms with Crippen molar-refractivity contribution >= 4 is 11.6 Å². The molecule has 3 heterocycles. The molecular weight excluding hydrogens is 397 g/mol. The van der Waals surface area contributed by atoms with E-state index >= 15 is 0 Å². The second-order valence-electron chi connectivity index (χ2n) is 7.87. The van der Waals surface area contributed by atoms with E-state index in [-0.39, 0.29) is 19.1 Å². The van der Waals surface area contributed by atoms with E-state index in [1.165, 1.54) is 0 Å². The monoisotopic (exact) mass is 418 g/mol. The Bertz CT molecular complexity index is 1010. The van der Waals surface area contributed by atoms with Crippen LogP contribution in [0.4, 0.5) is 18.9 Å². The zero-order chi connectivity index (χ0) is 20.9. The highest BCUT2D eigenvalue weighted by Gasteiger charge is 2.57. The van der Waals surface area contributed by atoms with Gasteiger partial charge < -0.3 is 19.7 Å². The number of halogens is 3. The summed E-state index contributed by atoms with van der Waals surface area (Å²) in [5, 5.41) is 2.39. The molecule has 0 aliphatic carbocycles. The number of amides is 1. The second kappa shape index (κ2) is 6.91. The molecule has 158 valence electrons. The van der Waals surface area contributed by atoms with Crippen LogP contribution < -0.4 is 19.7 Å². The number of hydrogen-bond donors (Lipinski definition) is 1. The molecule has 30 heavy (non-hydrogen) atoms. The highest BCUT2D eigenvalue weighted by molar-refractivity contribution is 6.11. The number of nitrogens with one attached hydrogen (secondary N) is 1. The standard InChI is InChI=1S/C22H21F3N2O3/c23-22(24,25)12-26-7-3-8-27-17-5-2-1-4-15(17)21(20(27)28)13-30-19-11-18-14(6-9-29-18)10-16(19)21/h1-2,4-5,10-11,26H,3,6-9,12-13H2. The lowest BCUT2D eigenvalue weighted by molar-refractivity contribution is -0.125. The average Bonchev–Trinajstić information content (AvgIpc) is 3.37. The number of rotatable bonds is 5. The van der Waals surface area contributed by atoms with Gasteiger partial charge in [-0.15, -0.1) is 0 Å². The van der Waals surface area contributed by atoms with Gasteiger partial charge in [-0.25, -0.2) is 0 Å². The van der Waals surface area contributed by atoms with E-state index < -0.39 is 18.1 Å². The first kappa shape index (κ1) is 19.2. The molecule has 2 aromatic rings. The van der Waals surface area contributed by atoms with Crippen LogP contribution in [0.5, 0.6) is 11.5 Å². The Morgan fingerprint density at radius 3 is 2.77 bits per heavy atom. The first-order chi connectivity index (χ1) is 14.4. The van der Waals surface area contributed by atoms with E-state index in [1.54, 1.807) is 4.90 Å². The fraction of sp³-hybridized carbons (Fsp3) is 0.409. The van der Waals surface area contributed by atoms with Crippen molar-refractivity contribution in [3.8, 4) is 11.5 Å². The lowest BCUT2D eigenvalue weighted by atomic mass is 9.76. The summed E-state index contributed by atoms with van der Waals surface area (Å²) in [5.41, 5.74) is 2.69. The molecule has 0 radical (unpaired) electrons. The van der Waals surface area contributed by atoms with Crippen LogP contribution in [0.1, 0.15) is 23.1 Å². The van der Waals surface area contributed by atoms with Crippen LogP contribution in [0.25, 0.3) is 0 Å². The zero-order valence-corrected chi connectivity index (χ0v) is 16.2. The van der Waals surface area contributed by atoms with E-state index in [1.807, 2.05) is 36.4 Å². The predicted molar refractivity (Wildman–Crippen MR) is 104 cm³/mol. The largest absolute Gasteiger partial charge is 0.493 e. The number of para-hydroxylation sites is 1. The first-order valence-electron chi connectivity index (χ1n) is 10.0. The van der Waals surface area contributed by atoms with Gasteiger partial charge in [0.15, 0.2) is 0 Å².